The van der Waals surface area contributed by atoms with Gasteiger partial charge in [0.15, 0.2) is 5.67 Å². The van der Waals surface area contributed by atoms with Crippen molar-refractivity contribution in [2.24, 2.45) is 11.7 Å². The number of nitrogens with zero attached hydrogens (tertiary/aromatic N) is 3. The predicted molar refractivity (Wildman–Crippen MR) is 73.0 cm³/mol. The molecule has 1 aromatic heterocycles. The molecule has 0 saturated heterocycles. The van der Waals surface area contributed by atoms with E-state index in [0.29, 0.717) is 12.2 Å². The summed E-state index contributed by atoms with van der Waals surface area (Å²) in [5.74, 6) is 0.0496. The molecule has 1 unspecified atom stereocenters. The number of rotatable bonds is 6. The predicted octanol–water partition coefficient (Wildman–Crippen LogP) is 1.74. The van der Waals surface area contributed by atoms with Gasteiger partial charge in [0.1, 0.15) is 0 Å². The molecule has 0 aromatic carbocycles. The standard InChI is InChI=1S/C12H20BrFN4/c1-17(2)5-6-18-11(10(13)7-16-18)12(14,8-15)9-3-4-9/h7,9H,3-6,8,15H2,1-2H3. The molecule has 1 heterocycles. The normalized spacial score (nSPS) is 19.2. The fraction of sp³-hybridized carbons (Fsp3) is 0.750. The van der Waals surface area contributed by atoms with Crippen LogP contribution in [0.4, 0.5) is 4.39 Å². The molecule has 18 heavy (non-hydrogen) atoms. The Balaban J connectivity index is 2.27. The second-order valence-corrected chi connectivity index (χ2v) is 6.06. The Morgan fingerprint density at radius 2 is 2.28 bits per heavy atom. The number of aromatic nitrogens is 2. The Morgan fingerprint density at radius 3 is 2.78 bits per heavy atom. The molecule has 0 amide bonds. The van der Waals surface area contributed by atoms with Gasteiger partial charge in [-0.25, -0.2) is 4.39 Å². The molecule has 1 saturated carbocycles. The number of hydrogen-bond donors (Lipinski definition) is 1. The second kappa shape index (κ2) is 5.27. The van der Waals surface area contributed by atoms with Gasteiger partial charge in [-0.15, -0.1) is 0 Å². The zero-order valence-corrected chi connectivity index (χ0v) is 12.5. The van der Waals surface area contributed by atoms with Crippen molar-refractivity contribution in [1.29, 1.82) is 0 Å². The van der Waals surface area contributed by atoms with E-state index >= 15 is 4.39 Å². The lowest BCUT2D eigenvalue weighted by Gasteiger charge is -2.25. The minimum absolute atomic E-state index is 0.0178. The molecule has 1 atom stereocenters. The number of hydrogen-bond acceptors (Lipinski definition) is 3. The highest BCUT2D eigenvalue weighted by molar-refractivity contribution is 9.10. The lowest BCUT2D eigenvalue weighted by molar-refractivity contribution is 0.127. The third kappa shape index (κ3) is 2.60. The molecular formula is C12H20BrFN4. The van der Waals surface area contributed by atoms with Gasteiger partial charge in [-0.3, -0.25) is 4.68 Å². The van der Waals surface area contributed by atoms with Gasteiger partial charge in [0.25, 0.3) is 0 Å². The van der Waals surface area contributed by atoms with E-state index in [9.17, 15) is 0 Å². The SMILES string of the molecule is CN(C)CCn1ncc(Br)c1C(F)(CN)C1CC1. The first kappa shape index (κ1) is 14.0. The molecule has 4 nitrogen and oxygen atoms in total. The van der Waals surface area contributed by atoms with Crippen LogP contribution >= 0.6 is 15.9 Å². The van der Waals surface area contributed by atoms with E-state index < -0.39 is 5.67 Å². The molecule has 2 N–H and O–H groups in total. The van der Waals surface area contributed by atoms with Crippen LogP contribution in [-0.2, 0) is 12.2 Å². The molecular weight excluding hydrogens is 299 g/mol. The summed E-state index contributed by atoms with van der Waals surface area (Å²) in [5.41, 5.74) is 4.85. The maximum Gasteiger partial charge on any atom is 0.168 e. The van der Waals surface area contributed by atoms with E-state index in [1.54, 1.807) is 10.9 Å². The van der Waals surface area contributed by atoms with Crippen molar-refractivity contribution < 1.29 is 4.39 Å². The molecule has 1 aromatic rings. The van der Waals surface area contributed by atoms with Crippen LogP contribution in [0, 0.1) is 5.92 Å². The summed E-state index contributed by atoms with van der Waals surface area (Å²) in [6, 6.07) is 0. The Labute approximate surface area is 115 Å². The van der Waals surface area contributed by atoms with Gasteiger partial charge in [0.05, 0.1) is 22.9 Å². The fourth-order valence-corrected chi connectivity index (χ4v) is 2.86. The summed E-state index contributed by atoms with van der Waals surface area (Å²) in [5, 5.41) is 4.26. The molecule has 0 bridgehead atoms. The summed E-state index contributed by atoms with van der Waals surface area (Å²) in [4.78, 5) is 2.05. The van der Waals surface area contributed by atoms with E-state index in [0.717, 1.165) is 23.9 Å². The average Bonchev–Trinajstić information content (AvgIpc) is 3.11. The van der Waals surface area contributed by atoms with Gasteiger partial charge < -0.3 is 10.6 Å². The van der Waals surface area contributed by atoms with E-state index in [1.165, 1.54) is 0 Å². The lowest BCUT2D eigenvalue weighted by Crippen LogP contribution is -2.36. The maximum absolute atomic E-state index is 15.1. The van der Waals surface area contributed by atoms with Crippen molar-refractivity contribution in [1.82, 2.24) is 14.7 Å². The largest absolute Gasteiger partial charge is 0.327 e. The van der Waals surface area contributed by atoms with E-state index in [2.05, 4.69) is 25.9 Å². The van der Waals surface area contributed by atoms with Crippen molar-refractivity contribution in [3.63, 3.8) is 0 Å². The van der Waals surface area contributed by atoms with E-state index in [-0.39, 0.29) is 12.5 Å². The molecule has 1 aliphatic carbocycles. The van der Waals surface area contributed by atoms with Gasteiger partial charge >= 0.3 is 0 Å². The second-order valence-electron chi connectivity index (χ2n) is 5.21. The van der Waals surface area contributed by atoms with Crippen molar-refractivity contribution >= 4 is 15.9 Å². The van der Waals surface area contributed by atoms with Crippen molar-refractivity contribution in [3.8, 4) is 0 Å². The van der Waals surface area contributed by atoms with Crippen LogP contribution in [0.25, 0.3) is 0 Å². The highest BCUT2D eigenvalue weighted by atomic mass is 79.9. The Morgan fingerprint density at radius 1 is 1.61 bits per heavy atom. The van der Waals surface area contributed by atoms with Gasteiger partial charge in [-0.05, 0) is 42.9 Å². The molecule has 0 radical (unpaired) electrons. The van der Waals surface area contributed by atoms with E-state index in [4.69, 9.17) is 5.73 Å². The van der Waals surface area contributed by atoms with Crippen LogP contribution in [0.5, 0.6) is 0 Å². The highest BCUT2D eigenvalue weighted by Crippen LogP contribution is 2.49. The molecule has 1 aliphatic rings. The average molecular weight is 319 g/mol. The molecule has 6 heteroatoms. The number of alkyl halides is 1. The molecule has 0 spiro atoms. The summed E-state index contributed by atoms with van der Waals surface area (Å²) in [7, 11) is 3.98. The van der Waals surface area contributed by atoms with Crippen LogP contribution in [0.3, 0.4) is 0 Å². The Kier molecular flexibility index (Phi) is 4.08. The Hall–Kier alpha value is -0.460. The molecule has 2 rings (SSSR count). The quantitative estimate of drug-likeness (QED) is 0.869. The third-order valence-electron chi connectivity index (χ3n) is 3.47. The van der Waals surface area contributed by atoms with Gasteiger partial charge in [-0.1, -0.05) is 0 Å². The minimum Gasteiger partial charge on any atom is -0.327 e. The summed E-state index contributed by atoms with van der Waals surface area (Å²) in [6.45, 7) is 1.52. The summed E-state index contributed by atoms with van der Waals surface area (Å²) in [6.07, 6.45) is 3.50. The molecule has 1 fully saturated rings. The first-order valence-electron chi connectivity index (χ1n) is 6.24. The van der Waals surface area contributed by atoms with Crippen LogP contribution in [0.15, 0.2) is 10.7 Å². The molecule has 102 valence electrons. The summed E-state index contributed by atoms with van der Waals surface area (Å²) < 4.78 is 17.6. The first-order chi connectivity index (χ1) is 8.49. The van der Waals surface area contributed by atoms with Crippen LogP contribution in [0.1, 0.15) is 18.5 Å². The maximum atomic E-state index is 15.1. The zero-order chi connectivity index (χ0) is 13.3. The van der Waals surface area contributed by atoms with Crippen LogP contribution in [0.2, 0.25) is 0 Å². The van der Waals surface area contributed by atoms with Crippen LogP contribution in [-0.4, -0.2) is 41.9 Å². The smallest absolute Gasteiger partial charge is 0.168 e. The fourth-order valence-electron chi connectivity index (χ4n) is 2.24. The monoisotopic (exact) mass is 318 g/mol. The Bertz CT molecular complexity index is 416. The van der Waals surface area contributed by atoms with E-state index in [1.807, 2.05) is 14.1 Å². The first-order valence-corrected chi connectivity index (χ1v) is 7.04. The van der Waals surface area contributed by atoms with Gasteiger partial charge in [-0.2, -0.15) is 5.10 Å². The van der Waals surface area contributed by atoms with Crippen molar-refractivity contribution in [2.75, 3.05) is 27.2 Å². The highest BCUT2D eigenvalue weighted by Gasteiger charge is 2.49. The third-order valence-corrected chi connectivity index (χ3v) is 4.05. The molecule has 0 aliphatic heterocycles. The summed E-state index contributed by atoms with van der Waals surface area (Å²) >= 11 is 3.40. The van der Waals surface area contributed by atoms with Crippen molar-refractivity contribution in [2.45, 2.75) is 25.1 Å². The van der Waals surface area contributed by atoms with Crippen molar-refractivity contribution in [3.05, 3.63) is 16.4 Å². The number of halogens is 2. The minimum atomic E-state index is -1.44. The topological polar surface area (TPSA) is 47.1 Å². The lowest BCUT2D eigenvalue weighted by atomic mass is 9.96. The van der Waals surface area contributed by atoms with Gasteiger partial charge in [0.2, 0.25) is 0 Å². The number of likely N-dealkylation sites (N-methyl/N-ethyl adjacent to an activating group) is 1. The zero-order valence-electron chi connectivity index (χ0n) is 10.9. The van der Waals surface area contributed by atoms with Crippen LogP contribution < -0.4 is 5.73 Å². The number of nitrogens with two attached hydrogens (primary N) is 1. The van der Waals surface area contributed by atoms with Gasteiger partial charge in [0, 0.05) is 19.0 Å².